The highest BCUT2D eigenvalue weighted by molar-refractivity contribution is 5.08. The number of hydrogen-bond acceptors (Lipinski definition) is 5. The van der Waals surface area contributed by atoms with Gasteiger partial charge in [0.1, 0.15) is 0 Å². The van der Waals surface area contributed by atoms with Gasteiger partial charge in [0.25, 0.3) is 0 Å². The highest BCUT2D eigenvalue weighted by Crippen LogP contribution is 1.94. The van der Waals surface area contributed by atoms with E-state index in [4.69, 9.17) is 14.2 Å². The van der Waals surface area contributed by atoms with E-state index in [0.29, 0.717) is 33.0 Å². The lowest BCUT2D eigenvalue weighted by Gasteiger charge is -2.07. The van der Waals surface area contributed by atoms with Gasteiger partial charge in [0, 0.05) is 32.6 Å². The van der Waals surface area contributed by atoms with Gasteiger partial charge in [0.05, 0.1) is 33.0 Å². The van der Waals surface area contributed by atoms with E-state index in [9.17, 15) is 0 Å². The first-order valence-electron chi connectivity index (χ1n) is 6.17. The van der Waals surface area contributed by atoms with Gasteiger partial charge in [-0.2, -0.15) is 0 Å². The molecule has 0 unspecified atom stereocenters. The average Bonchev–Trinajstić information content (AvgIpc) is 2.42. The molecule has 0 spiro atoms. The van der Waals surface area contributed by atoms with E-state index in [1.165, 1.54) is 5.56 Å². The maximum absolute atomic E-state index is 5.41. The van der Waals surface area contributed by atoms with Gasteiger partial charge in [0.2, 0.25) is 0 Å². The summed E-state index contributed by atoms with van der Waals surface area (Å²) in [6.45, 7) is 4.87. The van der Waals surface area contributed by atoms with Gasteiger partial charge in [0.15, 0.2) is 0 Å². The van der Waals surface area contributed by atoms with Crippen LogP contribution in [0, 0.1) is 0 Å². The third kappa shape index (κ3) is 8.14. The highest BCUT2D eigenvalue weighted by atomic mass is 16.5. The zero-order valence-electron chi connectivity index (χ0n) is 10.9. The Morgan fingerprint density at radius 3 is 2.39 bits per heavy atom. The Labute approximate surface area is 108 Å². The number of pyridine rings is 1. The predicted octanol–water partition coefficient (Wildman–Crippen LogP) is 0.851. The second-order valence-electron chi connectivity index (χ2n) is 3.75. The smallest absolute Gasteiger partial charge is 0.0701 e. The molecule has 0 radical (unpaired) electrons. The third-order valence-electron chi connectivity index (χ3n) is 2.31. The molecule has 0 aliphatic carbocycles. The lowest BCUT2D eigenvalue weighted by Crippen LogP contribution is -2.20. The van der Waals surface area contributed by atoms with E-state index >= 15 is 0 Å². The SMILES string of the molecule is COCCOCCOCCNCc1ccncc1. The molecule has 1 rings (SSSR count). The second-order valence-corrected chi connectivity index (χ2v) is 3.75. The van der Waals surface area contributed by atoms with Crippen molar-refractivity contribution in [3.63, 3.8) is 0 Å². The molecule has 5 heteroatoms. The van der Waals surface area contributed by atoms with E-state index < -0.39 is 0 Å². The molecular weight excluding hydrogens is 232 g/mol. The fourth-order valence-corrected chi connectivity index (χ4v) is 1.34. The van der Waals surface area contributed by atoms with Gasteiger partial charge in [-0.05, 0) is 17.7 Å². The van der Waals surface area contributed by atoms with Gasteiger partial charge < -0.3 is 19.5 Å². The summed E-state index contributed by atoms with van der Waals surface area (Å²) in [6, 6.07) is 4.00. The lowest BCUT2D eigenvalue weighted by atomic mass is 10.3. The molecule has 0 saturated heterocycles. The fourth-order valence-electron chi connectivity index (χ4n) is 1.34. The normalized spacial score (nSPS) is 10.7. The van der Waals surface area contributed by atoms with Crippen molar-refractivity contribution in [3.8, 4) is 0 Å². The maximum atomic E-state index is 5.41. The summed E-state index contributed by atoms with van der Waals surface area (Å²) >= 11 is 0. The molecule has 0 saturated carbocycles. The van der Waals surface area contributed by atoms with Crippen molar-refractivity contribution in [2.45, 2.75) is 6.54 Å². The first-order chi connectivity index (χ1) is 8.93. The summed E-state index contributed by atoms with van der Waals surface area (Å²) in [5.41, 5.74) is 1.23. The summed E-state index contributed by atoms with van der Waals surface area (Å²) in [7, 11) is 1.66. The molecule has 102 valence electrons. The molecule has 0 amide bonds. The van der Waals surface area contributed by atoms with Crippen LogP contribution in [0.2, 0.25) is 0 Å². The van der Waals surface area contributed by atoms with E-state index in [1.807, 2.05) is 12.1 Å². The Morgan fingerprint density at radius 2 is 1.67 bits per heavy atom. The van der Waals surface area contributed by atoms with Gasteiger partial charge >= 0.3 is 0 Å². The molecule has 0 bridgehead atoms. The van der Waals surface area contributed by atoms with Crippen LogP contribution in [-0.2, 0) is 20.8 Å². The second kappa shape index (κ2) is 11.1. The molecule has 1 N–H and O–H groups in total. The molecule has 0 aromatic carbocycles. The number of ether oxygens (including phenoxy) is 3. The van der Waals surface area contributed by atoms with Gasteiger partial charge in [-0.3, -0.25) is 4.98 Å². The minimum absolute atomic E-state index is 0.619. The summed E-state index contributed by atoms with van der Waals surface area (Å²) in [5, 5.41) is 3.30. The maximum Gasteiger partial charge on any atom is 0.0701 e. The third-order valence-corrected chi connectivity index (χ3v) is 2.31. The number of rotatable bonds is 11. The van der Waals surface area contributed by atoms with Crippen LogP contribution in [0.25, 0.3) is 0 Å². The van der Waals surface area contributed by atoms with Gasteiger partial charge in [-0.1, -0.05) is 0 Å². The highest BCUT2D eigenvalue weighted by Gasteiger charge is 1.92. The first kappa shape index (κ1) is 15.0. The molecule has 1 heterocycles. The van der Waals surface area contributed by atoms with E-state index in [-0.39, 0.29) is 0 Å². The minimum Gasteiger partial charge on any atom is -0.382 e. The largest absolute Gasteiger partial charge is 0.382 e. The molecule has 5 nitrogen and oxygen atoms in total. The Hall–Kier alpha value is -1.01. The topological polar surface area (TPSA) is 52.6 Å². The zero-order valence-corrected chi connectivity index (χ0v) is 10.9. The summed E-state index contributed by atoms with van der Waals surface area (Å²) < 4.78 is 15.5. The van der Waals surface area contributed by atoms with Crippen molar-refractivity contribution in [2.24, 2.45) is 0 Å². The van der Waals surface area contributed by atoms with Gasteiger partial charge in [-0.25, -0.2) is 0 Å². The van der Waals surface area contributed by atoms with Crippen molar-refractivity contribution in [1.82, 2.24) is 10.3 Å². The van der Waals surface area contributed by atoms with Crippen LogP contribution >= 0.6 is 0 Å². The Balaban J connectivity index is 1.82. The first-order valence-corrected chi connectivity index (χ1v) is 6.17. The van der Waals surface area contributed by atoms with Crippen molar-refractivity contribution in [2.75, 3.05) is 46.7 Å². The molecule has 0 aliphatic heterocycles. The van der Waals surface area contributed by atoms with Crippen molar-refractivity contribution in [1.29, 1.82) is 0 Å². The van der Waals surface area contributed by atoms with Crippen molar-refractivity contribution < 1.29 is 14.2 Å². The number of aromatic nitrogens is 1. The van der Waals surface area contributed by atoms with Crippen LogP contribution in [0.1, 0.15) is 5.56 Å². The molecular formula is C13H22N2O3. The molecule has 0 aliphatic rings. The number of nitrogens with one attached hydrogen (secondary N) is 1. The molecule has 0 atom stereocenters. The summed E-state index contributed by atoms with van der Waals surface area (Å²) in [5.74, 6) is 0. The lowest BCUT2D eigenvalue weighted by molar-refractivity contribution is 0.0255. The minimum atomic E-state index is 0.619. The number of hydrogen-bond donors (Lipinski definition) is 1. The average molecular weight is 254 g/mol. The molecule has 1 aromatic heterocycles. The van der Waals surface area contributed by atoms with Crippen LogP contribution in [0.15, 0.2) is 24.5 Å². The van der Waals surface area contributed by atoms with Crippen LogP contribution < -0.4 is 5.32 Å². The van der Waals surface area contributed by atoms with E-state index in [1.54, 1.807) is 19.5 Å². The van der Waals surface area contributed by atoms with Crippen molar-refractivity contribution in [3.05, 3.63) is 30.1 Å². The monoisotopic (exact) mass is 254 g/mol. The van der Waals surface area contributed by atoms with Crippen LogP contribution in [-0.4, -0.2) is 51.7 Å². The van der Waals surface area contributed by atoms with Crippen LogP contribution in [0.4, 0.5) is 0 Å². The summed E-state index contributed by atoms with van der Waals surface area (Å²) in [6.07, 6.45) is 3.59. The van der Waals surface area contributed by atoms with Gasteiger partial charge in [-0.15, -0.1) is 0 Å². The number of nitrogens with zero attached hydrogens (tertiary/aromatic N) is 1. The standard InChI is InChI=1S/C13H22N2O3/c1-16-8-9-18-11-10-17-7-6-15-12-13-2-4-14-5-3-13/h2-5,15H,6-12H2,1H3. The molecule has 0 fully saturated rings. The Kier molecular flexibility index (Phi) is 9.28. The van der Waals surface area contributed by atoms with E-state index in [2.05, 4.69) is 10.3 Å². The predicted molar refractivity (Wildman–Crippen MR) is 69.5 cm³/mol. The quantitative estimate of drug-likeness (QED) is 0.593. The Bertz CT molecular complexity index is 283. The molecule has 18 heavy (non-hydrogen) atoms. The zero-order chi connectivity index (χ0) is 12.9. The fraction of sp³-hybridized carbons (Fsp3) is 0.615. The summed E-state index contributed by atoms with van der Waals surface area (Å²) in [4.78, 5) is 3.97. The van der Waals surface area contributed by atoms with E-state index in [0.717, 1.165) is 13.1 Å². The number of methoxy groups -OCH3 is 1. The van der Waals surface area contributed by atoms with Crippen LogP contribution in [0.3, 0.4) is 0 Å². The van der Waals surface area contributed by atoms with Crippen molar-refractivity contribution >= 4 is 0 Å². The van der Waals surface area contributed by atoms with Crippen LogP contribution in [0.5, 0.6) is 0 Å². The molecule has 1 aromatic rings. The Morgan fingerprint density at radius 1 is 1.00 bits per heavy atom.